The van der Waals surface area contributed by atoms with Gasteiger partial charge < -0.3 is 20.2 Å². The van der Waals surface area contributed by atoms with Crippen molar-refractivity contribution in [2.24, 2.45) is 0 Å². The minimum absolute atomic E-state index is 0.103. The SMILES string of the molecule is CC1CN(c2ccc(Nc3nccc(N(Cc4cccc(Cn5cccn5)c4)C(=O)O)n3)cc2F)CCN1C. The first-order chi connectivity index (χ1) is 18.9. The number of carboxylic acid groups (broad SMARTS) is 1. The number of piperazine rings is 1. The van der Waals surface area contributed by atoms with Gasteiger partial charge in [-0.3, -0.25) is 9.58 Å². The molecule has 1 fully saturated rings. The van der Waals surface area contributed by atoms with Gasteiger partial charge in [0.1, 0.15) is 11.6 Å². The second-order valence-electron chi connectivity index (χ2n) is 9.70. The first kappa shape index (κ1) is 26.1. The smallest absolute Gasteiger partial charge is 0.413 e. The topological polar surface area (TPSA) is 103 Å². The fourth-order valence-corrected chi connectivity index (χ4v) is 4.63. The minimum atomic E-state index is -1.14. The molecule has 10 nitrogen and oxygen atoms in total. The molecule has 39 heavy (non-hydrogen) atoms. The zero-order valence-electron chi connectivity index (χ0n) is 21.9. The van der Waals surface area contributed by atoms with Gasteiger partial charge in [0.2, 0.25) is 5.95 Å². The van der Waals surface area contributed by atoms with Crippen LogP contribution in [-0.4, -0.2) is 68.6 Å². The van der Waals surface area contributed by atoms with Crippen molar-refractivity contribution >= 4 is 29.2 Å². The summed E-state index contributed by atoms with van der Waals surface area (Å²) in [4.78, 5) is 26.2. The maximum Gasteiger partial charge on any atom is 0.413 e. The van der Waals surface area contributed by atoms with E-state index in [-0.39, 0.29) is 24.1 Å². The Bertz CT molecular complexity index is 1430. The number of benzene rings is 2. The van der Waals surface area contributed by atoms with Crippen molar-refractivity contribution in [1.29, 1.82) is 0 Å². The lowest BCUT2D eigenvalue weighted by molar-refractivity contribution is 0.201. The van der Waals surface area contributed by atoms with Gasteiger partial charge in [0.25, 0.3) is 0 Å². The van der Waals surface area contributed by atoms with Crippen LogP contribution >= 0.6 is 0 Å². The second kappa shape index (κ2) is 11.5. The Balaban J connectivity index is 1.29. The molecule has 0 aliphatic carbocycles. The lowest BCUT2D eigenvalue weighted by Gasteiger charge is -2.39. The first-order valence-corrected chi connectivity index (χ1v) is 12.8. The molecule has 2 aromatic heterocycles. The summed E-state index contributed by atoms with van der Waals surface area (Å²) in [5, 5.41) is 17.2. The number of hydrogen-bond donors (Lipinski definition) is 2. The highest BCUT2D eigenvalue weighted by Gasteiger charge is 2.23. The van der Waals surface area contributed by atoms with Crippen LogP contribution in [0, 0.1) is 5.82 Å². The molecule has 0 bridgehead atoms. The molecule has 1 atom stereocenters. The summed E-state index contributed by atoms with van der Waals surface area (Å²) < 4.78 is 16.8. The molecule has 2 N–H and O–H groups in total. The maximum atomic E-state index is 15.0. The maximum absolute atomic E-state index is 15.0. The molecular formula is C28H31FN8O2. The number of hydrogen-bond acceptors (Lipinski definition) is 7. The van der Waals surface area contributed by atoms with Gasteiger partial charge in [-0.05, 0) is 55.4 Å². The summed E-state index contributed by atoms with van der Waals surface area (Å²) >= 11 is 0. The monoisotopic (exact) mass is 530 g/mol. The lowest BCUT2D eigenvalue weighted by Crippen LogP contribution is -2.50. The molecular weight excluding hydrogens is 499 g/mol. The summed E-state index contributed by atoms with van der Waals surface area (Å²) in [6.45, 7) is 5.19. The third-order valence-electron chi connectivity index (χ3n) is 6.89. The molecule has 1 aliphatic heterocycles. The largest absolute Gasteiger partial charge is 0.465 e. The van der Waals surface area contributed by atoms with E-state index in [0.717, 1.165) is 35.7 Å². The Morgan fingerprint density at radius 2 is 1.97 bits per heavy atom. The van der Waals surface area contributed by atoms with Crippen LogP contribution in [0.5, 0.6) is 0 Å². The van der Waals surface area contributed by atoms with E-state index in [1.807, 2.05) is 36.5 Å². The molecule has 0 radical (unpaired) electrons. The molecule has 5 rings (SSSR count). The predicted molar refractivity (Wildman–Crippen MR) is 148 cm³/mol. The van der Waals surface area contributed by atoms with E-state index in [1.54, 1.807) is 23.0 Å². The van der Waals surface area contributed by atoms with Gasteiger partial charge in [0, 0.05) is 50.0 Å². The average molecular weight is 531 g/mol. The van der Waals surface area contributed by atoms with E-state index in [0.29, 0.717) is 24.0 Å². The molecule has 1 amide bonds. The van der Waals surface area contributed by atoms with Crippen LogP contribution in [0.3, 0.4) is 0 Å². The number of nitrogens with one attached hydrogen (secondary N) is 1. The molecule has 11 heteroatoms. The number of likely N-dealkylation sites (N-methyl/N-ethyl adjacent to an activating group) is 1. The van der Waals surface area contributed by atoms with E-state index in [4.69, 9.17) is 0 Å². The van der Waals surface area contributed by atoms with Crippen LogP contribution in [0.1, 0.15) is 18.1 Å². The fraction of sp³-hybridized carbons (Fsp3) is 0.286. The number of halogens is 1. The van der Waals surface area contributed by atoms with E-state index in [1.165, 1.54) is 18.3 Å². The van der Waals surface area contributed by atoms with Crippen LogP contribution in [0.4, 0.5) is 32.3 Å². The molecule has 0 saturated carbocycles. The molecule has 0 spiro atoms. The third-order valence-corrected chi connectivity index (χ3v) is 6.89. The Hall–Kier alpha value is -4.51. The Labute approximate surface area is 226 Å². The summed E-state index contributed by atoms with van der Waals surface area (Å²) in [6.07, 6.45) is 3.92. The van der Waals surface area contributed by atoms with Gasteiger partial charge in [-0.15, -0.1) is 0 Å². The van der Waals surface area contributed by atoms with Gasteiger partial charge in [0.15, 0.2) is 0 Å². The quantitative estimate of drug-likeness (QED) is 0.345. The highest BCUT2D eigenvalue weighted by molar-refractivity contribution is 5.84. The molecule has 1 aliphatic rings. The standard InChI is InChI=1S/C28H31FN8O2/c1-20-17-35(14-13-34(20)2)25-8-7-23(16-24(25)29)32-27-30-11-9-26(33-27)37(28(38)39)19-22-6-3-5-21(15-22)18-36-12-4-10-31-36/h3-12,15-16,20H,13-14,17-19H2,1-2H3,(H,38,39)(H,30,32,33). The molecule has 1 unspecified atom stereocenters. The Morgan fingerprint density at radius 1 is 1.13 bits per heavy atom. The van der Waals surface area contributed by atoms with Crippen LogP contribution < -0.4 is 15.1 Å². The number of rotatable bonds is 8. The normalized spacial score (nSPS) is 15.8. The van der Waals surface area contributed by atoms with Crippen LogP contribution in [0.2, 0.25) is 0 Å². The summed E-state index contributed by atoms with van der Waals surface area (Å²) in [5.41, 5.74) is 2.85. The van der Waals surface area contributed by atoms with Crippen molar-refractivity contribution in [3.63, 3.8) is 0 Å². The zero-order chi connectivity index (χ0) is 27.4. The van der Waals surface area contributed by atoms with E-state index < -0.39 is 6.09 Å². The van der Waals surface area contributed by atoms with Crippen molar-refractivity contribution in [1.82, 2.24) is 24.6 Å². The number of amides is 1. The molecule has 202 valence electrons. The van der Waals surface area contributed by atoms with E-state index in [9.17, 15) is 9.90 Å². The van der Waals surface area contributed by atoms with Gasteiger partial charge in [-0.2, -0.15) is 10.1 Å². The van der Waals surface area contributed by atoms with Crippen LogP contribution in [0.15, 0.2) is 73.2 Å². The summed E-state index contributed by atoms with van der Waals surface area (Å²) in [6, 6.07) is 16.3. The zero-order valence-corrected chi connectivity index (χ0v) is 21.9. The minimum Gasteiger partial charge on any atom is -0.465 e. The summed E-state index contributed by atoms with van der Waals surface area (Å²) in [5.74, 6) is 0.0441. The van der Waals surface area contributed by atoms with E-state index in [2.05, 4.69) is 44.2 Å². The fourth-order valence-electron chi connectivity index (χ4n) is 4.63. The average Bonchev–Trinajstić information content (AvgIpc) is 3.42. The summed E-state index contributed by atoms with van der Waals surface area (Å²) in [7, 11) is 2.07. The molecule has 4 aromatic rings. The van der Waals surface area contributed by atoms with Crippen molar-refractivity contribution in [3.8, 4) is 0 Å². The van der Waals surface area contributed by atoms with Crippen LogP contribution in [0.25, 0.3) is 0 Å². The third kappa shape index (κ3) is 6.32. The lowest BCUT2D eigenvalue weighted by atomic mass is 10.1. The Kier molecular flexibility index (Phi) is 7.69. The highest BCUT2D eigenvalue weighted by Crippen LogP contribution is 2.27. The molecule has 3 heterocycles. The van der Waals surface area contributed by atoms with Crippen molar-refractivity contribution in [2.45, 2.75) is 26.1 Å². The Morgan fingerprint density at radius 3 is 2.72 bits per heavy atom. The van der Waals surface area contributed by atoms with Crippen molar-refractivity contribution in [3.05, 3.63) is 90.1 Å². The highest BCUT2D eigenvalue weighted by atomic mass is 19.1. The first-order valence-electron chi connectivity index (χ1n) is 12.8. The van der Waals surface area contributed by atoms with Gasteiger partial charge >= 0.3 is 6.09 Å². The van der Waals surface area contributed by atoms with Gasteiger partial charge in [0.05, 0.1) is 18.8 Å². The van der Waals surface area contributed by atoms with Crippen LogP contribution in [-0.2, 0) is 13.1 Å². The van der Waals surface area contributed by atoms with Crippen molar-refractivity contribution < 1.29 is 14.3 Å². The number of nitrogens with zero attached hydrogens (tertiary/aromatic N) is 7. The van der Waals surface area contributed by atoms with Gasteiger partial charge in [-0.25, -0.2) is 14.2 Å². The van der Waals surface area contributed by atoms with Gasteiger partial charge in [-0.1, -0.05) is 24.3 Å². The number of carbonyl (C=O) groups is 1. The predicted octanol–water partition coefficient (Wildman–Crippen LogP) is 4.43. The molecule has 1 saturated heterocycles. The second-order valence-corrected chi connectivity index (χ2v) is 9.70. The van der Waals surface area contributed by atoms with E-state index >= 15 is 4.39 Å². The number of anilines is 4. The number of aromatic nitrogens is 4. The van der Waals surface area contributed by atoms with Crippen molar-refractivity contribution in [2.75, 3.05) is 41.8 Å². The molecule has 2 aromatic carbocycles.